The van der Waals surface area contributed by atoms with E-state index in [0.717, 1.165) is 22.5 Å². The highest BCUT2D eigenvalue weighted by atomic mass is 127. The van der Waals surface area contributed by atoms with Crippen LogP contribution < -0.4 is 4.72 Å². The molecule has 1 saturated heterocycles. The molecule has 0 saturated carbocycles. The number of hydrogen-bond acceptors (Lipinski definition) is 5. The zero-order valence-electron chi connectivity index (χ0n) is 16.8. The molecule has 0 aromatic heterocycles. The number of sulfonamides is 1. The minimum Gasteiger partial charge on any atom is -0.452 e. The van der Waals surface area contributed by atoms with Crippen LogP contribution in [0.2, 0.25) is 5.02 Å². The summed E-state index contributed by atoms with van der Waals surface area (Å²) in [6, 6.07) is 10.6. The zero-order chi connectivity index (χ0) is 22.6. The Morgan fingerprint density at radius 3 is 2.45 bits per heavy atom. The summed E-state index contributed by atoms with van der Waals surface area (Å²) >= 11 is 8.20. The van der Waals surface area contributed by atoms with Crippen LogP contribution in [0.1, 0.15) is 30.1 Å². The molecule has 1 amide bonds. The summed E-state index contributed by atoms with van der Waals surface area (Å²) in [5, 5.41) is 0.0393. The smallest absolute Gasteiger partial charge is 0.340 e. The quantitative estimate of drug-likeness (QED) is 0.412. The predicted octanol–water partition coefficient (Wildman–Crippen LogP) is 4.16. The summed E-state index contributed by atoms with van der Waals surface area (Å²) < 4.78 is 33.9. The van der Waals surface area contributed by atoms with Crippen molar-refractivity contribution in [3.63, 3.8) is 0 Å². The monoisotopic (exact) mass is 576 g/mol. The van der Waals surface area contributed by atoms with Crippen LogP contribution in [0.25, 0.3) is 0 Å². The van der Waals surface area contributed by atoms with E-state index < -0.39 is 22.6 Å². The summed E-state index contributed by atoms with van der Waals surface area (Å²) in [6.45, 7) is 2.99. The van der Waals surface area contributed by atoms with Crippen LogP contribution in [0.5, 0.6) is 0 Å². The Bertz CT molecular complexity index is 1070. The topological polar surface area (TPSA) is 92.8 Å². The number of carbonyl (C=O) groups is 2. The first kappa shape index (κ1) is 23.8. The van der Waals surface area contributed by atoms with Crippen LogP contribution in [-0.4, -0.2) is 44.9 Å². The Kier molecular flexibility index (Phi) is 7.82. The minimum absolute atomic E-state index is 0.0393. The van der Waals surface area contributed by atoms with Gasteiger partial charge in [0.2, 0.25) is 0 Å². The molecule has 2 aromatic rings. The average molecular weight is 577 g/mol. The lowest BCUT2D eigenvalue weighted by Gasteiger charge is -2.30. The molecule has 1 heterocycles. The molecular formula is C21H22ClIN2O5S. The fraction of sp³-hybridized carbons (Fsp3) is 0.333. The molecule has 1 fully saturated rings. The second-order valence-electron chi connectivity index (χ2n) is 7.39. The van der Waals surface area contributed by atoms with Crippen molar-refractivity contribution in [2.45, 2.75) is 24.7 Å². The Morgan fingerprint density at radius 2 is 1.81 bits per heavy atom. The van der Waals surface area contributed by atoms with Crippen molar-refractivity contribution >= 4 is 61.8 Å². The van der Waals surface area contributed by atoms with E-state index >= 15 is 0 Å². The van der Waals surface area contributed by atoms with Gasteiger partial charge in [-0.1, -0.05) is 18.5 Å². The van der Waals surface area contributed by atoms with Crippen LogP contribution in [-0.2, 0) is 19.6 Å². The van der Waals surface area contributed by atoms with E-state index in [1.54, 1.807) is 29.2 Å². The van der Waals surface area contributed by atoms with Crippen LogP contribution in [0.3, 0.4) is 0 Å². The van der Waals surface area contributed by atoms with Gasteiger partial charge in [-0.3, -0.25) is 9.52 Å². The Hall–Kier alpha value is -1.85. The zero-order valence-corrected chi connectivity index (χ0v) is 20.5. The van der Waals surface area contributed by atoms with Gasteiger partial charge < -0.3 is 9.64 Å². The number of anilines is 1. The van der Waals surface area contributed by atoms with Crippen molar-refractivity contribution in [1.82, 2.24) is 4.90 Å². The van der Waals surface area contributed by atoms with Gasteiger partial charge in [0, 0.05) is 22.3 Å². The van der Waals surface area contributed by atoms with Crippen LogP contribution in [0, 0.1) is 9.49 Å². The molecule has 1 aliphatic heterocycles. The summed E-state index contributed by atoms with van der Waals surface area (Å²) in [5.41, 5.74) is 0.271. The van der Waals surface area contributed by atoms with Crippen molar-refractivity contribution in [1.29, 1.82) is 0 Å². The third kappa shape index (κ3) is 6.33. The summed E-state index contributed by atoms with van der Waals surface area (Å²) in [4.78, 5) is 26.3. The van der Waals surface area contributed by atoms with Crippen molar-refractivity contribution in [3.8, 4) is 0 Å². The molecule has 1 N–H and O–H groups in total. The van der Waals surface area contributed by atoms with Gasteiger partial charge in [-0.2, -0.15) is 0 Å². The molecule has 2 aromatic carbocycles. The molecule has 1 aliphatic rings. The molecule has 0 spiro atoms. The Labute approximate surface area is 200 Å². The van der Waals surface area contributed by atoms with Crippen molar-refractivity contribution < 1.29 is 22.7 Å². The van der Waals surface area contributed by atoms with Gasteiger partial charge in [0.25, 0.3) is 15.9 Å². The number of benzene rings is 2. The second kappa shape index (κ2) is 10.2. The number of piperidine rings is 1. The van der Waals surface area contributed by atoms with E-state index in [9.17, 15) is 18.0 Å². The maximum Gasteiger partial charge on any atom is 0.340 e. The van der Waals surface area contributed by atoms with Crippen LogP contribution in [0.4, 0.5) is 5.69 Å². The molecular weight excluding hydrogens is 555 g/mol. The number of amides is 1. The fourth-order valence-corrected chi connectivity index (χ4v) is 4.75. The highest BCUT2D eigenvalue weighted by Gasteiger charge is 2.23. The summed E-state index contributed by atoms with van der Waals surface area (Å²) in [6.07, 6.45) is 1.83. The number of ether oxygens (including phenoxy) is 1. The van der Waals surface area contributed by atoms with E-state index in [1.807, 2.05) is 0 Å². The van der Waals surface area contributed by atoms with Gasteiger partial charge in [-0.25, -0.2) is 13.2 Å². The second-order valence-corrected chi connectivity index (χ2v) is 10.7. The number of rotatable bonds is 6. The first-order valence-corrected chi connectivity index (χ1v) is 12.6. The van der Waals surface area contributed by atoms with Crippen LogP contribution in [0.15, 0.2) is 47.4 Å². The highest BCUT2D eigenvalue weighted by Crippen LogP contribution is 2.24. The van der Waals surface area contributed by atoms with E-state index in [2.05, 4.69) is 34.2 Å². The molecule has 0 atom stereocenters. The average Bonchev–Trinajstić information content (AvgIpc) is 2.74. The number of nitrogens with one attached hydrogen (secondary N) is 1. The van der Waals surface area contributed by atoms with Gasteiger partial charge in [-0.05, 0) is 83.8 Å². The molecule has 10 heteroatoms. The summed E-state index contributed by atoms with van der Waals surface area (Å²) in [7, 11) is -3.95. The lowest BCUT2D eigenvalue weighted by molar-refractivity contribution is -0.135. The summed E-state index contributed by atoms with van der Waals surface area (Å²) in [5.74, 6) is -0.557. The normalized spacial score (nSPS) is 14.9. The van der Waals surface area contributed by atoms with Crippen molar-refractivity contribution in [2.24, 2.45) is 5.92 Å². The van der Waals surface area contributed by atoms with Crippen LogP contribution >= 0.6 is 34.2 Å². The molecule has 166 valence electrons. The van der Waals surface area contributed by atoms with E-state index in [0.29, 0.717) is 24.7 Å². The van der Waals surface area contributed by atoms with Gasteiger partial charge in [0.15, 0.2) is 6.61 Å². The predicted molar refractivity (Wildman–Crippen MR) is 127 cm³/mol. The SMILES string of the molecule is CC1CCN(C(=O)COC(=O)c2cc(S(=O)(=O)Nc3ccc(I)cc3)ccc2Cl)CC1. The van der Waals surface area contributed by atoms with Crippen molar-refractivity contribution in [3.05, 3.63) is 56.6 Å². The van der Waals surface area contributed by atoms with Gasteiger partial charge in [-0.15, -0.1) is 0 Å². The van der Waals surface area contributed by atoms with Crippen molar-refractivity contribution in [2.75, 3.05) is 24.4 Å². The lowest BCUT2D eigenvalue weighted by atomic mass is 9.99. The fourth-order valence-electron chi connectivity index (χ4n) is 3.11. The number of nitrogens with zero attached hydrogens (tertiary/aromatic N) is 1. The van der Waals surface area contributed by atoms with E-state index in [-0.39, 0.29) is 21.4 Å². The molecule has 0 bridgehead atoms. The molecule has 0 unspecified atom stereocenters. The maximum absolute atomic E-state index is 12.7. The number of esters is 1. The lowest BCUT2D eigenvalue weighted by Crippen LogP contribution is -2.40. The first-order valence-electron chi connectivity index (χ1n) is 9.68. The number of carbonyl (C=O) groups excluding carboxylic acids is 2. The van der Waals surface area contributed by atoms with Gasteiger partial charge in [0.1, 0.15) is 0 Å². The number of halogens is 2. The van der Waals surface area contributed by atoms with E-state index in [1.165, 1.54) is 12.1 Å². The van der Waals surface area contributed by atoms with Gasteiger partial charge >= 0.3 is 5.97 Å². The molecule has 3 rings (SSSR count). The third-order valence-electron chi connectivity index (χ3n) is 5.03. The first-order chi connectivity index (χ1) is 14.7. The minimum atomic E-state index is -3.95. The number of likely N-dealkylation sites (tertiary alicyclic amines) is 1. The highest BCUT2D eigenvalue weighted by molar-refractivity contribution is 14.1. The van der Waals surface area contributed by atoms with E-state index in [4.69, 9.17) is 16.3 Å². The molecule has 7 nitrogen and oxygen atoms in total. The maximum atomic E-state index is 12.7. The Morgan fingerprint density at radius 1 is 1.16 bits per heavy atom. The molecule has 0 aliphatic carbocycles. The largest absolute Gasteiger partial charge is 0.452 e. The number of hydrogen-bond donors (Lipinski definition) is 1. The standard InChI is InChI=1S/C21H22ClIN2O5S/c1-14-8-10-25(11-9-14)20(26)13-30-21(27)18-12-17(6-7-19(18)22)31(28,29)24-16-4-2-15(23)3-5-16/h2-7,12,14,24H,8-11,13H2,1H3. The molecule has 31 heavy (non-hydrogen) atoms. The Balaban J connectivity index is 1.68. The third-order valence-corrected chi connectivity index (χ3v) is 7.46. The molecule has 0 radical (unpaired) electrons. The van der Waals surface area contributed by atoms with Gasteiger partial charge in [0.05, 0.1) is 15.5 Å².